The molecule has 0 saturated carbocycles. The van der Waals surface area contributed by atoms with E-state index in [0.717, 1.165) is 25.9 Å². The number of benzene rings is 1. The third-order valence-electron chi connectivity index (χ3n) is 3.11. The van der Waals surface area contributed by atoms with E-state index < -0.39 is 0 Å². The van der Waals surface area contributed by atoms with Crippen molar-refractivity contribution >= 4 is 0 Å². The van der Waals surface area contributed by atoms with Crippen molar-refractivity contribution in [2.75, 3.05) is 6.61 Å². The van der Waals surface area contributed by atoms with E-state index in [1.807, 2.05) is 6.07 Å². The van der Waals surface area contributed by atoms with Crippen molar-refractivity contribution in [3.05, 3.63) is 35.6 Å². The summed E-state index contributed by atoms with van der Waals surface area (Å²) in [6.45, 7) is 0.787. The average Bonchev–Trinajstić information content (AvgIpc) is 2.33. The Morgan fingerprint density at radius 1 is 1.38 bits per heavy atom. The smallest absolute Gasteiger partial charge is 0.126 e. The molecule has 3 heteroatoms. The van der Waals surface area contributed by atoms with Gasteiger partial charge in [-0.3, -0.25) is 0 Å². The largest absolute Gasteiger partial charge is 0.377 e. The van der Waals surface area contributed by atoms with Crippen molar-refractivity contribution in [1.29, 1.82) is 0 Å². The Balaban J connectivity index is 1.96. The highest BCUT2D eigenvalue weighted by atomic mass is 19.1. The molecule has 16 heavy (non-hydrogen) atoms. The normalized spacial score (nSPS) is 23.0. The van der Waals surface area contributed by atoms with E-state index in [9.17, 15) is 4.39 Å². The predicted octanol–water partition coefficient (Wildman–Crippen LogP) is 2.26. The molecule has 2 unspecified atom stereocenters. The molecule has 1 aromatic carbocycles. The molecular weight excluding hydrogens is 205 g/mol. The lowest BCUT2D eigenvalue weighted by Crippen LogP contribution is -2.40. The van der Waals surface area contributed by atoms with Crippen molar-refractivity contribution in [2.45, 2.75) is 37.8 Å². The number of nitrogens with two attached hydrogens (primary N) is 1. The summed E-state index contributed by atoms with van der Waals surface area (Å²) < 4.78 is 19.0. The maximum Gasteiger partial charge on any atom is 0.126 e. The topological polar surface area (TPSA) is 35.2 Å². The summed E-state index contributed by atoms with van der Waals surface area (Å²) in [7, 11) is 0. The molecule has 2 atom stereocenters. The predicted molar refractivity (Wildman–Crippen MR) is 61.7 cm³/mol. The Morgan fingerprint density at radius 2 is 2.19 bits per heavy atom. The van der Waals surface area contributed by atoms with Crippen LogP contribution in [0, 0.1) is 5.82 Å². The van der Waals surface area contributed by atoms with Crippen molar-refractivity contribution < 1.29 is 9.13 Å². The Kier molecular flexibility index (Phi) is 3.91. The van der Waals surface area contributed by atoms with E-state index >= 15 is 0 Å². The maximum absolute atomic E-state index is 13.4. The van der Waals surface area contributed by atoms with Gasteiger partial charge in [0.1, 0.15) is 5.82 Å². The molecule has 1 aliphatic heterocycles. The monoisotopic (exact) mass is 223 g/mol. The maximum atomic E-state index is 13.4. The van der Waals surface area contributed by atoms with Crippen LogP contribution < -0.4 is 5.73 Å². The SMILES string of the molecule is NC(Cc1ccccc1F)C1CCCCO1. The van der Waals surface area contributed by atoms with Gasteiger partial charge >= 0.3 is 0 Å². The summed E-state index contributed by atoms with van der Waals surface area (Å²) in [6, 6.07) is 6.70. The minimum absolute atomic E-state index is 0.0911. The van der Waals surface area contributed by atoms with Gasteiger partial charge in [0, 0.05) is 12.6 Å². The number of ether oxygens (including phenoxy) is 1. The zero-order valence-electron chi connectivity index (χ0n) is 9.36. The molecule has 1 aromatic rings. The van der Waals surface area contributed by atoms with E-state index in [1.54, 1.807) is 12.1 Å². The quantitative estimate of drug-likeness (QED) is 0.853. The zero-order chi connectivity index (χ0) is 11.4. The lowest BCUT2D eigenvalue weighted by molar-refractivity contribution is 0.000510. The molecule has 0 amide bonds. The van der Waals surface area contributed by atoms with E-state index in [4.69, 9.17) is 10.5 Å². The van der Waals surface area contributed by atoms with Crippen LogP contribution in [0.3, 0.4) is 0 Å². The highest BCUT2D eigenvalue weighted by Crippen LogP contribution is 2.18. The van der Waals surface area contributed by atoms with Crippen LogP contribution in [0.4, 0.5) is 4.39 Å². The molecule has 0 radical (unpaired) electrons. The van der Waals surface area contributed by atoms with Crippen molar-refractivity contribution in [3.63, 3.8) is 0 Å². The van der Waals surface area contributed by atoms with Gasteiger partial charge in [-0.1, -0.05) is 18.2 Å². The molecule has 1 heterocycles. The van der Waals surface area contributed by atoms with Gasteiger partial charge in [-0.15, -0.1) is 0 Å². The third-order valence-corrected chi connectivity index (χ3v) is 3.11. The van der Waals surface area contributed by atoms with Gasteiger partial charge in [0.05, 0.1) is 6.10 Å². The van der Waals surface area contributed by atoms with E-state index in [-0.39, 0.29) is 18.0 Å². The van der Waals surface area contributed by atoms with Crippen LogP contribution in [0.5, 0.6) is 0 Å². The molecule has 2 rings (SSSR count). The molecule has 0 aliphatic carbocycles. The second-order valence-electron chi connectivity index (χ2n) is 4.36. The number of halogens is 1. The second kappa shape index (κ2) is 5.41. The van der Waals surface area contributed by atoms with Gasteiger partial charge in [0.25, 0.3) is 0 Å². The van der Waals surface area contributed by atoms with Crippen LogP contribution in [0.1, 0.15) is 24.8 Å². The van der Waals surface area contributed by atoms with Crippen LogP contribution in [0.15, 0.2) is 24.3 Å². The lowest BCUT2D eigenvalue weighted by Gasteiger charge is -2.28. The van der Waals surface area contributed by atoms with Crippen LogP contribution >= 0.6 is 0 Å². The van der Waals surface area contributed by atoms with Gasteiger partial charge in [-0.05, 0) is 37.3 Å². The fraction of sp³-hybridized carbons (Fsp3) is 0.538. The molecule has 2 N–H and O–H groups in total. The summed E-state index contributed by atoms with van der Waals surface area (Å²) >= 11 is 0. The zero-order valence-corrected chi connectivity index (χ0v) is 9.36. The van der Waals surface area contributed by atoms with Crippen molar-refractivity contribution in [3.8, 4) is 0 Å². The minimum Gasteiger partial charge on any atom is -0.377 e. The Labute approximate surface area is 95.6 Å². The fourth-order valence-corrected chi connectivity index (χ4v) is 2.15. The van der Waals surface area contributed by atoms with Crippen LogP contribution in [-0.2, 0) is 11.2 Å². The number of hydrogen-bond acceptors (Lipinski definition) is 2. The van der Waals surface area contributed by atoms with Crippen LogP contribution in [-0.4, -0.2) is 18.8 Å². The summed E-state index contributed by atoms with van der Waals surface area (Å²) in [6.07, 6.45) is 3.92. The van der Waals surface area contributed by atoms with Crippen LogP contribution in [0.2, 0.25) is 0 Å². The molecule has 0 bridgehead atoms. The van der Waals surface area contributed by atoms with E-state index in [0.29, 0.717) is 12.0 Å². The third kappa shape index (κ3) is 2.80. The molecule has 2 nitrogen and oxygen atoms in total. The fourth-order valence-electron chi connectivity index (χ4n) is 2.15. The highest BCUT2D eigenvalue weighted by Gasteiger charge is 2.22. The lowest BCUT2D eigenvalue weighted by atomic mass is 9.96. The number of hydrogen-bond donors (Lipinski definition) is 1. The molecule has 88 valence electrons. The van der Waals surface area contributed by atoms with Crippen molar-refractivity contribution in [1.82, 2.24) is 0 Å². The molecule has 0 spiro atoms. The van der Waals surface area contributed by atoms with Crippen LogP contribution in [0.25, 0.3) is 0 Å². The Bertz CT molecular complexity index is 336. The van der Waals surface area contributed by atoms with Gasteiger partial charge in [-0.25, -0.2) is 4.39 Å². The van der Waals surface area contributed by atoms with Gasteiger partial charge in [0.15, 0.2) is 0 Å². The summed E-state index contributed by atoms with van der Waals surface area (Å²) in [5.74, 6) is -0.172. The highest BCUT2D eigenvalue weighted by molar-refractivity contribution is 5.18. The molecule has 1 saturated heterocycles. The van der Waals surface area contributed by atoms with Gasteiger partial charge in [0.2, 0.25) is 0 Å². The first-order chi connectivity index (χ1) is 7.77. The first-order valence-electron chi connectivity index (χ1n) is 5.88. The van der Waals surface area contributed by atoms with Gasteiger partial charge in [-0.2, -0.15) is 0 Å². The molecule has 1 aliphatic rings. The number of rotatable bonds is 3. The summed E-state index contributed by atoms with van der Waals surface area (Å²) in [5, 5.41) is 0. The summed E-state index contributed by atoms with van der Waals surface area (Å²) in [5.41, 5.74) is 6.74. The Hall–Kier alpha value is -0.930. The molecule has 0 aromatic heterocycles. The second-order valence-corrected chi connectivity index (χ2v) is 4.36. The first-order valence-corrected chi connectivity index (χ1v) is 5.88. The first kappa shape index (κ1) is 11.6. The average molecular weight is 223 g/mol. The van der Waals surface area contributed by atoms with Crippen molar-refractivity contribution in [2.24, 2.45) is 5.73 Å². The summed E-state index contributed by atoms with van der Waals surface area (Å²) in [4.78, 5) is 0. The Morgan fingerprint density at radius 3 is 2.88 bits per heavy atom. The van der Waals surface area contributed by atoms with E-state index in [1.165, 1.54) is 6.07 Å². The van der Waals surface area contributed by atoms with Gasteiger partial charge < -0.3 is 10.5 Å². The minimum atomic E-state index is -0.172. The molecular formula is C13H18FNO. The standard InChI is InChI=1S/C13H18FNO/c14-11-6-2-1-5-10(11)9-12(15)13-7-3-4-8-16-13/h1-2,5-6,12-13H,3-4,7-9,15H2. The van der Waals surface area contributed by atoms with E-state index in [2.05, 4.69) is 0 Å². The molecule has 1 fully saturated rings.